The third-order valence-electron chi connectivity index (χ3n) is 1.77. The molecule has 0 aromatic heterocycles. The number of hydrogen-bond acceptors (Lipinski definition) is 2. The predicted octanol–water partition coefficient (Wildman–Crippen LogP) is 3.18. The van der Waals surface area contributed by atoms with Crippen molar-refractivity contribution >= 4 is 16.9 Å². The lowest BCUT2D eigenvalue weighted by Crippen LogP contribution is -1.92. The Bertz CT molecular complexity index is 444. The van der Waals surface area contributed by atoms with Crippen LogP contribution in [0, 0.1) is 16.7 Å². The second-order valence-corrected chi connectivity index (χ2v) is 2.85. The molecular formula is C10H8N2O2. The molecule has 0 bridgehead atoms. The fourth-order valence-electron chi connectivity index (χ4n) is 1.10. The lowest BCUT2D eigenvalue weighted by atomic mass is 10.1. The van der Waals surface area contributed by atoms with Gasteiger partial charge in [0, 0.05) is 6.07 Å². The SMILES string of the molecule is [C-]#[N+]c1ccc(C(=C)C)c([N+](=O)[O-])c1. The lowest BCUT2D eigenvalue weighted by Gasteiger charge is -2.01. The molecule has 0 atom stereocenters. The average molecular weight is 188 g/mol. The highest BCUT2D eigenvalue weighted by molar-refractivity contribution is 5.73. The first-order valence-electron chi connectivity index (χ1n) is 3.88. The van der Waals surface area contributed by atoms with Gasteiger partial charge in [0.2, 0.25) is 0 Å². The van der Waals surface area contributed by atoms with Crippen LogP contribution in [0.1, 0.15) is 12.5 Å². The number of allylic oxidation sites excluding steroid dienone is 1. The first-order valence-corrected chi connectivity index (χ1v) is 3.88. The topological polar surface area (TPSA) is 47.5 Å². The summed E-state index contributed by atoms with van der Waals surface area (Å²) < 4.78 is 0. The van der Waals surface area contributed by atoms with Crippen LogP contribution >= 0.6 is 0 Å². The molecule has 0 fully saturated rings. The van der Waals surface area contributed by atoms with Gasteiger partial charge in [-0.25, -0.2) is 4.85 Å². The standard InChI is InChI=1S/C10H8N2O2/c1-7(2)9-5-4-8(11-3)6-10(9)12(13)14/h4-6H,1H2,2H3. The Morgan fingerprint density at radius 2 is 2.29 bits per heavy atom. The minimum atomic E-state index is -0.501. The molecule has 0 aliphatic rings. The normalized spacial score (nSPS) is 9.14. The van der Waals surface area contributed by atoms with Crippen LogP contribution in [0.3, 0.4) is 0 Å². The molecule has 0 N–H and O–H groups in total. The van der Waals surface area contributed by atoms with Crippen molar-refractivity contribution in [1.82, 2.24) is 0 Å². The van der Waals surface area contributed by atoms with Crippen molar-refractivity contribution in [3.8, 4) is 0 Å². The molecule has 0 saturated heterocycles. The maximum Gasteiger partial charge on any atom is 0.266 e. The monoisotopic (exact) mass is 188 g/mol. The number of rotatable bonds is 2. The van der Waals surface area contributed by atoms with Gasteiger partial charge in [-0.05, 0) is 12.5 Å². The summed E-state index contributed by atoms with van der Waals surface area (Å²) in [7, 11) is 0. The molecule has 4 heteroatoms. The van der Waals surface area contributed by atoms with Crippen molar-refractivity contribution in [3.63, 3.8) is 0 Å². The van der Waals surface area contributed by atoms with Gasteiger partial charge in [-0.1, -0.05) is 18.7 Å². The fourth-order valence-corrected chi connectivity index (χ4v) is 1.10. The highest BCUT2D eigenvalue weighted by atomic mass is 16.6. The Labute approximate surface area is 81.5 Å². The highest BCUT2D eigenvalue weighted by Crippen LogP contribution is 2.28. The van der Waals surface area contributed by atoms with Crippen LogP contribution in [0.2, 0.25) is 0 Å². The first-order chi connectivity index (χ1) is 6.56. The van der Waals surface area contributed by atoms with Gasteiger partial charge in [-0.2, -0.15) is 0 Å². The summed E-state index contributed by atoms with van der Waals surface area (Å²) in [4.78, 5) is 13.3. The van der Waals surface area contributed by atoms with Gasteiger partial charge in [-0.15, -0.1) is 0 Å². The van der Waals surface area contributed by atoms with E-state index in [0.29, 0.717) is 11.1 Å². The van der Waals surface area contributed by atoms with Gasteiger partial charge in [-0.3, -0.25) is 10.1 Å². The molecule has 0 spiro atoms. The predicted molar refractivity (Wildman–Crippen MR) is 54.1 cm³/mol. The molecule has 70 valence electrons. The Morgan fingerprint density at radius 1 is 1.64 bits per heavy atom. The fraction of sp³-hybridized carbons (Fsp3) is 0.100. The van der Waals surface area contributed by atoms with Crippen LogP contribution in [0.15, 0.2) is 24.8 Å². The van der Waals surface area contributed by atoms with E-state index in [4.69, 9.17) is 6.57 Å². The van der Waals surface area contributed by atoms with Crippen LogP contribution < -0.4 is 0 Å². The maximum absolute atomic E-state index is 10.7. The largest absolute Gasteiger partial charge is 0.266 e. The molecule has 0 heterocycles. The van der Waals surface area contributed by atoms with Crippen LogP contribution in [0.5, 0.6) is 0 Å². The molecule has 4 nitrogen and oxygen atoms in total. The zero-order valence-corrected chi connectivity index (χ0v) is 7.65. The number of nitro groups is 1. The molecular weight excluding hydrogens is 180 g/mol. The van der Waals surface area contributed by atoms with Crippen molar-refractivity contribution in [2.24, 2.45) is 0 Å². The van der Waals surface area contributed by atoms with Crippen LogP contribution in [0.4, 0.5) is 11.4 Å². The summed E-state index contributed by atoms with van der Waals surface area (Å²) in [6.07, 6.45) is 0. The molecule has 0 aliphatic heterocycles. The summed E-state index contributed by atoms with van der Waals surface area (Å²) >= 11 is 0. The maximum atomic E-state index is 10.7. The lowest BCUT2D eigenvalue weighted by molar-refractivity contribution is -0.385. The van der Waals surface area contributed by atoms with Gasteiger partial charge in [0.15, 0.2) is 5.69 Å². The van der Waals surface area contributed by atoms with E-state index in [0.717, 1.165) is 0 Å². The molecule has 0 radical (unpaired) electrons. The second kappa shape index (κ2) is 3.71. The van der Waals surface area contributed by atoms with E-state index < -0.39 is 4.92 Å². The van der Waals surface area contributed by atoms with E-state index >= 15 is 0 Å². The minimum absolute atomic E-state index is 0.0639. The summed E-state index contributed by atoms with van der Waals surface area (Å²) in [5.41, 5.74) is 1.29. The van der Waals surface area contributed by atoms with Crippen molar-refractivity contribution in [2.75, 3.05) is 0 Å². The van der Waals surface area contributed by atoms with E-state index in [1.807, 2.05) is 0 Å². The van der Waals surface area contributed by atoms with Crippen molar-refractivity contribution in [2.45, 2.75) is 6.92 Å². The van der Waals surface area contributed by atoms with Crippen molar-refractivity contribution in [1.29, 1.82) is 0 Å². The van der Waals surface area contributed by atoms with E-state index in [9.17, 15) is 10.1 Å². The molecule has 1 rings (SSSR count). The summed E-state index contributed by atoms with van der Waals surface area (Å²) in [6.45, 7) is 12.1. The molecule has 0 saturated carbocycles. The second-order valence-electron chi connectivity index (χ2n) is 2.85. The Morgan fingerprint density at radius 3 is 2.71 bits per heavy atom. The highest BCUT2D eigenvalue weighted by Gasteiger charge is 2.14. The van der Waals surface area contributed by atoms with Gasteiger partial charge in [0.05, 0.1) is 17.1 Å². The summed E-state index contributed by atoms with van der Waals surface area (Å²) in [5, 5.41) is 10.7. The zero-order chi connectivity index (χ0) is 10.7. The van der Waals surface area contributed by atoms with E-state index in [1.54, 1.807) is 19.1 Å². The van der Waals surface area contributed by atoms with Crippen LogP contribution in [-0.4, -0.2) is 4.92 Å². The van der Waals surface area contributed by atoms with Crippen molar-refractivity contribution in [3.05, 3.63) is 51.9 Å². The van der Waals surface area contributed by atoms with Gasteiger partial charge >= 0.3 is 0 Å². The Hall–Kier alpha value is -2.15. The molecule has 14 heavy (non-hydrogen) atoms. The van der Waals surface area contributed by atoms with Crippen LogP contribution in [-0.2, 0) is 0 Å². The van der Waals surface area contributed by atoms with E-state index in [1.165, 1.54) is 6.07 Å². The Kier molecular flexibility index (Phi) is 2.63. The average Bonchev–Trinajstić information content (AvgIpc) is 2.16. The minimum Gasteiger partial charge on any atom is -0.258 e. The number of nitro benzene ring substituents is 1. The van der Waals surface area contributed by atoms with Gasteiger partial charge in [0.25, 0.3) is 5.69 Å². The first kappa shape index (κ1) is 9.93. The Balaban J connectivity index is 3.40. The molecule has 1 aromatic rings. The van der Waals surface area contributed by atoms with Gasteiger partial charge < -0.3 is 0 Å². The molecule has 0 unspecified atom stereocenters. The van der Waals surface area contributed by atoms with E-state index in [-0.39, 0.29) is 11.4 Å². The summed E-state index contributed by atoms with van der Waals surface area (Å²) in [5.74, 6) is 0. The third-order valence-corrected chi connectivity index (χ3v) is 1.77. The molecule has 1 aromatic carbocycles. The van der Waals surface area contributed by atoms with Crippen molar-refractivity contribution < 1.29 is 4.92 Å². The molecule has 0 amide bonds. The quantitative estimate of drug-likeness (QED) is 0.406. The zero-order valence-electron chi connectivity index (χ0n) is 7.65. The molecule has 0 aliphatic carbocycles. The smallest absolute Gasteiger partial charge is 0.258 e. The van der Waals surface area contributed by atoms with Gasteiger partial charge in [0.1, 0.15) is 0 Å². The summed E-state index contributed by atoms with van der Waals surface area (Å²) in [6, 6.07) is 4.36. The van der Waals surface area contributed by atoms with E-state index in [2.05, 4.69) is 11.4 Å². The number of benzene rings is 1. The third kappa shape index (κ3) is 1.77. The number of nitrogens with zero attached hydrogens (tertiary/aromatic N) is 2. The van der Waals surface area contributed by atoms with Crippen LogP contribution in [0.25, 0.3) is 10.4 Å². The number of hydrogen-bond donors (Lipinski definition) is 0.